The van der Waals surface area contributed by atoms with E-state index in [0.717, 1.165) is 5.56 Å². The van der Waals surface area contributed by atoms with Crippen molar-refractivity contribution in [3.05, 3.63) is 73.8 Å². The molecule has 2 aromatic carbocycles. The standard InChI is InChI=1S/C16H13Cl2N3O3S/c17-14-6-3-12(7-15(14)18)8-19-20-16(22)10-25-9-11-1-4-13(5-2-11)21(23)24/h1-8H,9-10H2,(H,20,22)/b19-8+. The minimum Gasteiger partial charge on any atom is -0.272 e. The van der Waals surface area contributed by atoms with E-state index in [9.17, 15) is 14.9 Å². The summed E-state index contributed by atoms with van der Waals surface area (Å²) in [6, 6.07) is 11.2. The van der Waals surface area contributed by atoms with Crippen molar-refractivity contribution >= 4 is 52.8 Å². The van der Waals surface area contributed by atoms with Gasteiger partial charge in [-0.15, -0.1) is 11.8 Å². The van der Waals surface area contributed by atoms with Gasteiger partial charge < -0.3 is 0 Å². The van der Waals surface area contributed by atoms with Crippen LogP contribution >= 0.6 is 35.0 Å². The highest BCUT2D eigenvalue weighted by molar-refractivity contribution is 7.99. The molecule has 0 fully saturated rings. The summed E-state index contributed by atoms with van der Waals surface area (Å²) in [6.45, 7) is 0. The number of nitrogens with zero attached hydrogens (tertiary/aromatic N) is 2. The quantitative estimate of drug-likeness (QED) is 0.429. The first-order valence-electron chi connectivity index (χ1n) is 7.04. The minimum atomic E-state index is -0.448. The molecule has 0 aliphatic heterocycles. The van der Waals surface area contributed by atoms with E-state index in [0.29, 0.717) is 21.4 Å². The molecule has 0 saturated carbocycles. The molecule has 0 bridgehead atoms. The summed E-state index contributed by atoms with van der Waals surface area (Å²) in [5.74, 6) is 0.542. The van der Waals surface area contributed by atoms with Crippen LogP contribution in [-0.4, -0.2) is 22.8 Å². The number of hydrogen-bond acceptors (Lipinski definition) is 5. The molecule has 2 aromatic rings. The van der Waals surface area contributed by atoms with E-state index in [2.05, 4.69) is 10.5 Å². The van der Waals surface area contributed by atoms with Crippen LogP contribution in [0.2, 0.25) is 10.0 Å². The Morgan fingerprint density at radius 3 is 2.56 bits per heavy atom. The third kappa shape index (κ3) is 6.38. The summed E-state index contributed by atoms with van der Waals surface area (Å²) in [5.41, 5.74) is 4.09. The van der Waals surface area contributed by atoms with E-state index in [4.69, 9.17) is 23.2 Å². The number of nitro benzene ring substituents is 1. The van der Waals surface area contributed by atoms with Gasteiger partial charge in [-0.05, 0) is 23.3 Å². The summed E-state index contributed by atoms with van der Waals surface area (Å²) in [6.07, 6.45) is 1.47. The number of benzene rings is 2. The third-order valence-corrected chi connectivity index (χ3v) is 4.74. The fraction of sp³-hybridized carbons (Fsp3) is 0.125. The number of nitro groups is 1. The number of non-ortho nitro benzene ring substituents is 1. The number of amides is 1. The zero-order chi connectivity index (χ0) is 18.2. The molecule has 6 nitrogen and oxygen atoms in total. The van der Waals surface area contributed by atoms with Gasteiger partial charge in [-0.1, -0.05) is 41.4 Å². The number of hydrazone groups is 1. The van der Waals surface area contributed by atoms with Crippen molar-refractivity contribution in [2.24, 2.45) is 5.10 Å². The Morgan fingerprint density at radius 1 is 1.20 bits per heavy atom. The summed E-state index contributed by atoms with van der Waals surface area (Å²) in [7, 11) is 0. The number of thioether (sulfide) groups is 1. The number of nitrogens with one attached hydrogen (secondary N) is 1. The van der Waals surface area contributed by atoms with Crippen LogP contribution in [0.15, 0.2) is 47.6 Å². The van der Waals surface area contributed by atoms with Crippen LogP contribution in [0.4, 0.5) is 5.69 Å². The van der Waals surface area contributed by atoms with Crippen LogP contribution in [0.25, 0.3) is 0 Å². The maximum Gasteiger partial charge on any atom is 0.269 e. The van der Waals surface area contributed by atoms with Gasteiger partial charge in [-0.2, -0.15) is 5.10 Å². The second-order valence-electron chi connectivity index (χ2n) is 4.88. The number of carbonyl (C=O) groups is 1. The van der Waals surface area contributed by atoms with Gasteiger partial charge in [-0.25, -0.2) is 5.43 Å². The molecule has 0 atom stereocenters. The van der Waals surface area contributed by atoms with Crippen LogP contribution in [0.5, 0.6) is 0 Å². The van der Waals surface area contributed by atoms with E-state index >= 15 is 0 Å². The van der Waals surface area contributed by atoms with Crippen molar-refractivity contribution in [3.8, 4) is 0 Å². The van der Waals surface area contributed by atoms with Gasteiger partial charge in [0.2, 0.25) is 5.91 Å². The van der Waals surface area contributed by atoms with Crippen molar-refractivity contribution in [1.29, 1.82) is 0 Å². The maximum absolute atomic E-state index is 11.7. The first-order valence-corrected chi connectivity index (χ1v) is 8.95. The summed E-state index contributed by atoms with van der Waals surface area (Å²) in [5, 5.41) is 15.3. The molecule has 0 radical (unpaired) electrons. The highest BCUT2D eigenvalue weighted by atomic mass is 35.5. The van der Waals surface area contributed by atoms with E-state index in [1.54, 1.807) is 30.3 Å². The fourth-order valence-corrected chi connectivity index (χ4v) is 2.87. The second kappa shape index (κ2) is 9.41. The van der Waals surface area contributed by atoms with Gasteiger partial charge in [0.15, 0.2) is 0 Å². The van der Waals surface area contributed by atoms with E-state index < -0.39 is 4.92 Å². The molecule has 25 heavy (non-hydrogen) atoms. The molecule has 0 heterocycles. The van der Waals surface area contributed by atoms with E-state index in [1.807, 2.05) is 0 Å². The Hall–Kier alpha value is -2.09. The maximum atomic E-state index is 11.7. The molecule has 0 unspecified atom stereocenters. The van der Waals surface area contributed by atoms with Gasteiger partial charge in [0.05, 0.1) is 26.9 Å². The average Bonchev–Trinajstić information content (AvgIpc) is 2.58. The van der Waals surface area contributed by atoms with Crippen molar-refractivity contribution in [1.82, 2.24) is 5.43 Å². The van der Waals surface area contributed by atoms with Crippen molar-refractivity contribution in [2.45, 2.75) is 5.75 Å². The van der Waals surface area contributed by atoms with Crippen LogP contribution in [-0.2, 0) is 10.5 Å². The van der Waals surface area contributed by atoms with Crippen molar-refractivity contribution < 1.29 is 9.72 Å². The van der Waals surface area contributed by atoms with E-state index in [1.165, 1.54) is 30.1 Å². The lowest BCUT2D eigenvalue weighted by Crippen LogP contribution is -2.19. The average molecular weight is 398 g/mol. The predicted octanol–water partition coefficient (Wildman–Crippen LogP) is 4.29. The molecule has 0 aliphatic carbocycles. The first kappa shape index (κ1) is 19.2. The van der Waals surface area contributed by atoms with Crippen LogP contribution in [0.3, 0.4) is 0 Å². The van der Waals surface area contributed by atoms with Crippen molar-refractivity contribution in [2.75, 3.05) is 5.75 Å². The lowest BCUT2D eigenvalue weighted by molar-refractivity contribution is -0.384. The van der Waals surface area contributed by atoms with Crippen LogP contribution in [0.1, 0.15) is 11.1 Å². The molecule has 0 aliphatic rings. The Morgan fingerprint density at radius 2 is 1.92 bits per heavy atom. The molecular weight excluding hydrogens is 385 g/mol. The van der Waals surface area contributed by atoms with Crippen molar-refractivity contribution in [3.63, 3.8) is 0 Å². The van der Waals surface area contributed by atoms with Crippen LogP contribution in [0, 0.1) is 10.1 Å². The molecule has 0 spiro atoms. The molecule has 1 N–H and O–H groups in total. The zero-order valence-corrected chi connectivity index (χ0v) is 15.1. The number of hydrogen-bond donors (Lipinski definition) is 1. The van der Waals surface area contributed by atoms with Gasteiger partial charge in [0.25, 0.3) is 5.69 Å². The zero-order valence-electron chi connectivity index (χ0n) is 12.8. The largest absolute Gasteiger partial charge is 0.272 e. The number of halogens is 2. The van der Waals surface area contributed by atoms with Gasteiger partial charge >= 0.3 is 0 Å². The normalized spacial score (nSPS) is 10.8. The number of rotatable bonds is 7. The Bertz CT molecular complexity index is 798. The van der Waals surface area contributed by atoms with Gasteiger partial charge in [0.1, 0.15) is 0 Å². The lowest BCUT2D eigenvalue weighted by atomic mass is 10.2. The molecule has 2 rings (SSSR count). The van der Waals surface area contributed by atoms with Gasteiger partial charge in [-0.3, -0.25) is 14.9 Å². The Labute approximate surface area is 158 Å². The monoisotopic (exact) mass is 397 g/mol. The number of carbonyl (C=O) groups excluding carboxylic acids is 1. The molecule has 0 saturated heterocycles. The first-order chi connectivity index (χ1) is 12.0. The lowest BCUT2D eigenvalue weighted by Gasteiger charge is -2.02. The highest BCUT2D eigenvalue weighted by Gasteiger charge is 2.05. The predicted molar refractivity (Wildman–Crippen MR) is 101 cm³/mol. The third-order valence-electron chi connectivity index (χ3n) is 3.00. The highest BCUT2D eigenvalue weighted by Crippen LogP contribution is 2.21. The summed E-state index contributed by atoms with van der Waals surface area (Å²) in [4.78, 5) is 21.8. The van der Waals surface area contributed by atoms with Gasteiger partial charge in [0, 0.05) is 17.9 Å². The molecule has 1 amide bonds. The molecule has 130 valence electrons. The molecular formula is C16H13Cl2N3O3S. The van der Waals surface area contributed by atoms with Crippen LogP contribution < -0.4 is 5.43 Å². The second-order valence-corrected chi connectivity index (χ2v) is 6.68. The fourth-order valence-electron chi connectivity index (χ4n) is 1.78. The smallest absolute Gasteiger partial charge is 0.269 e. The Kier molecular flexibility index (Phi) is 7.24. The van der Waals surface area contributed by atoms with E-state index in [-0.39, 0.29) is 17.3 Å². The Balaban J connectivity index is 1.74. The summed E-state index contributed by atoms with van der Waals surface area (Å²) >= 11 is 13.1. The molecule has 0 aromatic heterocycles. The topological polar surface area (TPSA) is 84.6 Å². The minimum absolute atomic E-state index is 0.0446. The summed E-state index contributed by atoms with van der Waals surface area (Å²) < 4.78 is 0. The SMILES string of the molecule is O=C(CSCc1ccc([N+](=O)[O-])cc1)N/N=C/c1ccc(Cl)c(Cl)c1. The molecule has 9 heteroatoms.